The van der Waals surface area contributed by atoms with Gasteiger partial charge in [-0.2, -0.15) is 0 Å². The lowest BCUT2D eigenvalue weighted by atomic mass is 9.81. The molecule has 0 atom stereocenters. The van der Waals surface area contributed by atoms with Gasteiger partial charge < -0.3 is 10.6 Å². The molecule has 2 aliphatic carbocycles. The molecule has 1 aromatic rings. The lowest BCUT2D eigenvalue weighted by Crippen LogP contribution is -2.37. The van der Waals surface area contributed by atoms with Crippen LogP contribution in [0.4, 0.5) is 0 Å². The van der Waals surface area contributed by atoms with Gasteiger partial charge in [0.25, 0.3) is 0 Å². The molecule has 3 rings (SSSR count). The van der Waals surface area contributed by atoms with Crippen LogP contribution in [0.1, 0.15) is 64.8 Å². The van der Waals surface area contributed by atoms with Crippen molar-refractivity contribution in [2.24, 2.45) is 17.8 Å². The lowest BCUT2D eigenvalue weighted by molar-refractivity contribution is -0.128. The minimum Gasteiger partial charge on any atom is -0.356 e. The van der Waals surface area contributed by atoms with Crippen LogP contribution in [-0.2, 0) is 25.6 Å². The Morgan fingerprint density at radius 2 is 1.59 bits per heavy atom. The maximum atomic E-state index is 12.4. The second kappa shape index (κ2) is 12.2. The second-order valence-electron chi connectivity index (χ2n) is 8.99. The van der Waals surface area contributed by atoms with E-state index in [-0.39, 0.29) is 35.7 Å². The topological polar surface area (TPSA) is 126 Å². The standard InChI is InChI=1S/C26H30N2O6/c29-15-20-7-1-17(13-21(20)16-30)4-10-25(33)28-14-18-2-5-19(6-3-18)26(34)27-12-11-22-23(31)8-9-24(22)32/h1,7-9,13,15-16,18-19,22H,2-6,10-12,14H2,(H,27,34)(H,28,33). The molecule has 8 nitrogen and oxygen atoms in total. The number of hydrogen-bond acceptors (Lipinski definition) is 6. The molecule has 0 spiro atoms. The normalized spacial score (nSPS) is 20.2. The van der Waals surface area contributed by atoms with Crippen molar-refractivity contribution in [2.75, 3.05) is 13.1 Å². The van der Waals surface area contributed by atoms with Gasteiger partial charge in [-0.1, -0.05) is 12.1 Å². The van der Waals surface area contributed by atoms with Gasteiger partial charge in [-0.3, -0.25) is 28.8 Å². The van der Waals surface area contributed by atoms with Gasteiger partial charge in [0.15, 0.2) is 24.1 Å². The first kappa shape index (κ1) is 25.2. The summed E-state index contributed by atoms with van der Waals surface area (Å²) in [6, 6.07) is 4.97. The first-order valence-corrected chi connectivity index (χ1v) is 11.7. The molecule has 2 amide bonds. The van der Waals surface area contributed by atoms with E-state index < -0.39 is 5.92 Å². The molecular weight excluding hydrogens is 436 g/mol. The van der Waals surface area contributed by atoms with Gasteiger partial charge in [-0.05, 0) is 68.2 Å². The summed E-state index contributed by atoms with van der Waals surface area (Å²) < 4.78 is 0. The fourth-order valence-corrected chi connectivity index (χ4v) is 4.53. The fourth-order valence-electron chi connectivity index (χ4n) is 4.53. The van der Waals surface area contributed by atoms with Gasteiger partial charge in [0.2, 0.25) is 11.8 Å². The zero-order valence-corrected chi connectivity index (χ0v) is 19.1. The SMILES string of the molecule is O=Cc1ccc(CCC(=O)NCC2CCC(C(=O)NCCC3C(=O)C=CC3=O)CC2)cc1C=O. The average Bonchev–Trinajstić information content (AvgIpc) is 3.18. The Morgan fingerprint density at radius 1 is 0.912 bits per heavy atom. The third-order valence-electron chi connectivity index (χ3n) is 6.68. The van der Waals surface area contributed by atoms with Gasteiger partial charge in [0.05, 0.1) is 5.92 Å². The van der Waals surface area contributed by atoms with Crippen LogP contribution in [-0.4, -0.2) is 49.0 Å². The summed E-state index contributed by atoms with van der Waals surface area (Å²) in [7, 11) is 0. The monoisotopic (exact) mass is 466 g/mol. The van der Waals surface area contributed by atoms with Crippen LogP contribution in [0, 0.1) is 17.8 Å². The van der Waals surface area contributed by atoms with Crippen LogP contribution in [0.15, 0.2) is 30.4 Å². The Hall–Kier alpha value is -3.42. The van der Waals surface area contributed by atoms with E-state index >= 15 is 0 Å². The maximum absolute atomic E-state index is 12.4. The van der Waals surface area contributed by atoms with Crippen LogP contribution in [0.3, 0.4) is 0 Å². The molecule has 0 heterocycles. The van der Waals surface area contributed by atoms with E-state index in [0.29, 0.717) is 55.5 Å². The number of aryl methyl sites for hydroxylation is 1. The molecule has 34 heavy (non-hydrogen) atoms. The van der Waals surface area contributed by atoms with Crippen molar-refractivity contribution in [1.82, 2.24) is 10.6 Å². The number of hydrogen-bond donors (Lipinski definition) is 2. The molecule has 180 valence electrons. The zero-order chi connectivity index (χ0) is 24.5. The highest BCUT2D eigenvalue weighted by Crippen LogP contribution is 2.28. The van der Waals surface area contributed by atoms with E-state index in [2.05, 4.69) is 10.6 Å². The predicted molar refractivity (Wildman–Crippen MR) is 124 cm³/mol. The van der Waals surface area contributed by atoms with Crippen molar-refractivity contribution in [3.63, 3.8) is 0 Å². The van der Waals surface area contributed by atoms with Gasteiger partial charge in [-0.15, -0.1) is 0 Å². The number of amides is 2. The van der Waals surface area contributed by atoms with Crippen molar-refractivity contribution in [2.45, 2.75) is 44.9 Å². The highest BCUT2D eigenvalue weighted by molar-refractivity contribution is 6.18. The molecule has 0 unspecified atom stereocenters. The number of allylic oxidation sites excluding steroid dienone is 2. The second-order valence-corrected chi connectivity index (χ2v) is 8.99. The number of aldehydes is 2. The fraction of sp³-hybridized carbons (Fsp3) is 0.462. The predicted octanol–water partition coefficient (Wildman–Crippen LogP) is 2.00. The summed E-state index contributed by atoms with van der Waals surface area (Å²) in [6.07, 6.45) is 8.14. The summed E-state index contributed by atoms with van der Waals surface area (Å²) in [5.41, 5.74) is 1.49. The summed E-state index contributed by atoms with van der Waals surface area (Å²) >= 11 is 0. The van der Waals surface area contributed by atoms with E-state index in [1.807, 2.05) is 0 Å². The Labute approximate surface area is 198 Å². The number of ketones is 2. The number of rotatable bonds is 11. The highest BCUT2D eigenvalue weighted by Gasteiger charge is 2.29. The Bertz CT molecular complexity index is 973. The van der Waals surface area contributed by atoms with E-state index in [1.54, 1.807) is 18.2 Å². The number of nitrogens with one attached hydrogen (secondary N) is 2. The van der Waals surface area contributed by atoms with Gasteiger partial charge in [0.1, 0.15) is 0 Å². The van der Waals surface area contributed by atoms with E-state index in [9.17, 15) is 28.8 Å². The Morgan fingerprint density at radius 3 is 2.24 bits per heavy atom. The molecule has 1 saturated carbocycles. The summed E-state index contributed by atoms with van der Waals surface area (Å²) in [6.45, 7) is 0.876. The van der Waals surface area contributed by atoms with Gasteiger partial charge in [-0.25, -0.2) is 0 Å². The summed E-state index contributed by atoms with van der Waals surface area (Å²) in [5.74, 6) is -0.905. The molecule has 0 saturated heterocycles. The van der Waals surface area contributed by atoms with Crippen molar-refractivity contribution in [3.8, 4) is 0 Å². The quantitative estimate of drug-likeness (QED) is 0.379. The molecule has 2 aliphatic rings. The van der Waals surface area contributed by atoms with E-state index in [4.69, 9.17) is 0 Å². The van der Waals surface area contributed by atoms with E-state index in [0.717, 1.165) is 31.2 Å². The summed E-state index contributed by atoms with van der Waals surface area (Å²) in [5, 5.41) is 5.81. The molecule has 1 aromatic carbocycles. The molecule has 0 bridgehead atoms. The third kappa shape index (κ3) is 6.79. The number of carbonyl (C=O) groups is 6. The van der Waals surface area contributed by atoms with Crippen LogP contribution in [0.5, 0.6) is 0 Å². The van der Waals surface area contributed by atoms with Crippen molar-refractivity contribution in [3.05, 3.63) is 47.0 Å². The third-order valence-corrected chi connectivity index (χ3v) is 6.68. The largest absolute Gasteiger partial charge is 0.356 e. The highest BCUT2D eigenvalue weighted by atomic mass is 16.2. The summed E-state index contributed by atoms with van der Waals surface area (Å²) in [4.78, 5) is 69.8. The molecule has 8 heteroatoms. The van der Waals surface area contributed by atoms with Crippen molar-refractivity contribution < 1.29 is 28.8 Å². The van der Waals surface area contributed by atoms with Gasteiger partial charge >= 0.3 is 0 Å². The van der Waals surface area contributed by atoms with Crippen molar-refractivity contribution in [1.29, 1.82) is 0 Å². The average molecular weight is 467 g/mol. The molecule has 0 aliphatic heterocycles. The van der Waals surface area contributed by atoms with Crippen LogP contribution >= 0.6 is 0 Å². The van der Waals surface area contributed by atoms with Gasteiger partial charge in [0, 0.05) is 36.6 Å². The zero-order valence-electron chi connectivity index (χ0n) is 19.1. The van der Waals surface area contributed by atoms with Crippen molar-refractivity contribution >= 4 is 36.0 Å². The van der Waals surface area contributed by atoms with Crippen LogP contribution in [0.25, 0.3) is 0 Å². The lowest BCUT2D eigenvalue weighted by Gasteiger charge is -2.28. The van der Waals surface area contributed by atoms with E-state index in [1.165, 1.54) is 12.2 Å². The maximum Gasteiger partial charge on any atom is 0.223 e. The molecular formula is C26H30N2O6. The minimum absolute atomic E-state index is 0.0383. The molecule has 1 fully saturated rings. The number of benzene rings is 1. The minimum atomic E-state index is -0.651. The molecule has 0 aromatic heterocycles. The van der Waals surface area contributed by atoms with Crippen LogP contribution in [0.2, 0.25) is 0 Å². The Balaban J connectivity index is 1.31. The molecule has 2 N–H and O–H groups in total. The molecule has 0 radical (unpaired) electrons. The first-order chi connectivity index (χ1) is 16.4. The van der Waals surface area contributed by atoms with Crippen LogP contribution < -0.4 is 10.6 Å². The smallest absolute Gasteiger partial charge is 0.223 e. The Kier molecular flexibility index (Phi) is 9.01. The number of carbonyl (C=O) groups excluding carboxylic acids is 6. The first-order valence-electron chi connectivity index (χ1n) is 11.7.